The molecule has 2 aromatic heterocycles. The first-order chi connectivity index (χ1) is 18.3. The van der Waals surface area contributed by atoms with Crippen molar-refractivity contribution in [2.24, 2.45) is 0 Å². The zero-order valence-electron chi connectivity index (χ0n) is 20.4. The van der Waals surface area contributed by atoms with Crippen LogP contribution in [-0.4, -0.2) is 32.4 Å². The van der Waals surface area contributed by atoms with E-state index in [1.807, 2.05) is 0 Å². The Hall–Kier alpha value is -3.21. The van der Waals surface area contributed by atoms with Gasteiger partial charge < -0.3 is 19.5 Å². The molecule has 2 saturated carbocycles. The van der Waals surface area contributed by atoms with Crippen molar-refractivity contribution in [2.75, 3.05) is 0 Å². The predicted octanol–water partition coefficient (Wildman–Crippen LogP) is 6.81. The van der Waals surface area contributed by atoms with E-state index in [9.17, 15) is 23.8 Å². The van der Waals surface area contributed by atoms with Crippen LogP contribution in [0.4, 0.5) is 8.78 Å². The lowest BCUT2D eigenvalue weighted by atomic mass is 9.83. The summed E-state index contributed by atoms with van der Waals surface area (Å²) in [5, 5.41) is 25.4. The third-order valence-electron chi connectivity index (χ3n) is 7.47. The lowest BCUT2D eigenvalue weighted by molar-refractivity contribution is -0.0640. The van der Waals surface area contributed by atoms with Crippen LogP contribution < -0.4 is 0 Å². The Morgan fingerprint density at radius 2 is 1.92 bits per heavy atom. The van der Waals surface area contributed by atoms with Crippen LogP contribution in [0.2, 0.25) is 0 Å². The second-order valence-corrected chi connectivity index (χ2v) is 11.1. The van der Waals surface area contributed by atoms with Crippen LogP contribution in [0.15, 0.2) is 47.0 Å². The number of alkyl halides is 2. The van der Waals surface area contributed by atoms with E-state index in [0.29, 0.717) is 53.2 Å². The quantitative estimate of drug-likeness (QED) is 0.253. The Balaban J connectivity index is 1.17. The molecule has 2 heterocycles. The van der Waals surface area contributed by atoms with Gasteiger partial charge in [-0.25, -0.2) is 18.6 Å². The van der Waals surface area contributed by atoms with E-state index < -0.39 is 18.0 Å². The fourth-order valence-electron chi connectivity index (χ4n) is 5.15. The number of benzene rings is 2. The fraction of sp³-hybridized carbons (Fsp3) is 0.393. The molecule has 0 bridgehead atoms. The van der Waals surface area contributed by atoms with Crippen molar-refractivity contribution in [1.82, 2.24) is 10.1 Å². The number of carbonyl (C=O) groups is 1. The molecule has 0 unspecified atom stereocenters. The molecular formula is C28H26F2N2O5S. The Morgan fingerprint density at radius 3 is 2.63 bits per heavy atom. The van der Waals surface area contributed by atoms with E-state index in [2.05, 4.69) is 10.1 Å². The van der Waals surface area contributed by atoms with E-state index >= 15 is 0 Å². The van der Waals surface area contributed by atoms with Gasteiger partial charge in [-0.3, -0.25) is 0 Å². The lowest BCUT2D eigenvalue weighted by Gasteiger charge is -2.34. The zero-order valence-corrected chi connectivity index (χ0v) is 21.2. The summed E-state index contributed by atoms with van der Waals surface area (Å²) >= 11 is 1.31. The standard InChI is InChI=1S/C28H26F2N2O5S/c29-25(30)19-4-2-1-3-18(19)23-20(24(37-32-23)15-5-6-15)14-36-17-9-11-28(35,12-10-17)27-31-21-8-7-16(26(33)34)13-22(21)38-27/h1-4,7-8,13,15,17,25,35H,5-6,9-12,14H2,(H,33,34)/t17-,28+. The van der Waals surface area contributed by atoms with E-state index in [0.717, 1.165) is 23.1 Å². The van der Waals surface area contributed by atoms with Crippen molar-refractivity contribution in [1.29, 1.82) is 0 Å². The molecule has 2 aromatic carbocycles. The second kappa shape index (κ2) is 9.83. The van der Waals surface area contributed by atoms with Gasteiger partial charge in [-0.2, -0.15) is 0 Å². The summed E-state index contributed by atoms with van der Waals surface area (Å²) in [4.78, 5) is 15.9. The Kier molecular flexibility index (Phi) is 6.49. The lowest BCUT2D eigenvalue weighted by Crippen LogP contribution is -2.34. The topological polar surface area (TPSA) is 106 Å². The average molecular weight is 541 g/mol. The SMILES string of the molecule is O=C(O)c1ccc2nc([C@]3(O)CC[C@@H](OCc4c(-c5ccccc5C(F)F)noc4C4CC4)CC3)sc2c1. The number of fused-ring (bicyclic) bond motifs is 1. The van der Waals surface area contributed by atoms with Crippen LogP contribution in [-0.2, 0) is 16.9 Å². The Bertz CT molecular complexity index is 1490. The minimum Gasteiger partial charge on any atom is -0.478 e. The largest absolute Gasteiger partial charge is 0.478 e. The molecule has 0 aliphatic heterocycles. The number of aromatic carboxylic acids is 1. The minimum absolute atomic E-state index is 0.0848. The number of ether oxygens (including phenoxy) is 1. The number of aromatic nitrogens is 2. The highest BCUT2D eigenvalue weighted by atomic mass is 32.1. The molecule has 4 aromatic rings. The summed E-state index contributed by atoms with van der Waals surface area (Å²) in [7, 11) is 0. The smallest absolute Gasteiger partial charge is 0.335 e. The molecule has 0 saturated heterocycles. The summed E-state index contributed by atoms with van der Waals surface area (Å²) in [6.45, 7) is 0.199. The predicted molar refractivity (Wildman–Crippen MR) is 136 cm³/mol. The van der Waals surface area contributed by atoms with Gasteiger partial charge in [0.25, 0.3) is 6.43 Å². The van der Waals surface area contributed by atoms with Crippen LogP contribution in [0.25, 0.3) is 21.5 Å². The number of hydrogen-bond acceptors (Lipinski definition) is 7. The van der Waals surface area contributed by atoms with Crippen molar-refractivity contribution in [3.05, 3.63) is 69.9 Å². The Morgan fingerprint density at radius 1 is 1.16 bits per heavy atom. The summed E-state index contributed by atoms with van der Waals surface area (Å²) in [5.41, 5.74) is 1.15. The molecule has 2 aliphatic rings. The van der Waals surface area contributed by atoms with Crippen molar-refractivity contribution in [3.8, 4) is 11.3 Å². The number of thiazole rings is 1. The molecule has 6 rings (SSSR count). The van der Waals surface area contributed by atoms with E-state index in [1.54, 1.807) is 30.3 Å². The van der Waals surface area contributed by atoms with E-state index in [4.69, 9.17) is 9.26 Å². The molecule has 0 atom stereocenters. The van der Waals surface area contributed by atoms with Crippen LogP contribution in [0.3, 0.4) is 0 Å². The van der Waals surface area contributed by atoms with Gasteiger partial charge in [0, 0.05) is 22.6 Å². The van der Waals surface area contributed by atoms with E-state index in [1.165, 1.54) is 23.5 Å². The molecular weight excluding hydrogens is 514 g/mol. The summed E-state index contributed by atoms with van der Waals surface area (Å²) in [6.07, 6.45) is 1.29. The van der Waals surface area contributed by atoms with Crippen molar-refractivity contribution in [2.45, 2.75) is 69.2 Å². The first kappa shape index (κ1) is 25.1. The molecule has 7 nitrogen and oxygen atoms in total. The van der Waals surface area contributed by atoms with Gasteiger partial charge >= 0.3 is 5.97 Å². The maximum Gasteiger partial charge on any atom is 0.335 e. The van der Waals surface area contributed by atoms with Crippen molar-refractivity contribution >= 4 is 27.5 Å². The third-order valence-corrected chi connectivity index (χ3v) is 8.69. The number of aliphatic hydroxyl groups is 1. The van der Waals surface area contributed by atoms with Gasteiger partial charge in [0.1, 0.15) is 22.1 Å². The molecule has 2 fully saturated rings. The van der Waals surface area contributed by atoms with Gasteiger partial charge in [-0.1, -0.05) is 29.4 Å². The molecule has 38 heavy (non-hydrogen) atoms. The van der Waals surface area contributed by atoms with Gasteiger partial charge in [-0.15, -0.1) is 11.3 Å². The van der Waals surface area contributed by atoms with E-state index in [-0.39, 0.29) is 29.8 Å². The molecule has 2 aliphatic carbocycles. The monoisotopic (exact) mass is 540 g/mol. The maximum atomic E-state index is 13.7. The van der Waals surface area contributed by atoms with Gasteiger partial charge in [-0.05, 0) is 56.7 Å². The van der Waals surface area contributed by atoms with Gasteiger partial charge in [0.15, 0.2) is 0 Å². The normalized spacial score (nSPS) is 21.8. The highest BCUT2D eigenvalue weighted by Gasteiger charge is 2.39. The molecule has 198 valence electrons. The molecule has 10 heteroatoms. The Labute approximate surface area is 221 Å². The van der Waals surface area contributed by atoms with Crippen LogP contribution >= 0.6 is 11.3 Å². The van der Waals surface area contributed by atoms with Gasteiger partial charge in [0.2, 0.25) is 0 Å². The summed E-state index contributed by atoms with van der Waals surface area (Å²) in [6, 6.07) is 11.1. The van der Waals surface area contributed by atoms with Crippen LogP contribution in [0.5, 0.6) is 0 Å². The molecule has 0 spiro atoms. The highest BCUT2D eigenvalue weighted by Crippen LogP contribution is 2.46. The first-order valence-corrected chi connectivity index (χ1v) is 13.5. The number of carboxylic acids is 1. The number of hydrogen-bond donors (Lipinski definition) is 2. The molecule has 0 amide bonds. The van der Waals surface area contributed by atoms with Crippen LogP contribution in [0.1, 0.15) is 83.1 Å². The number of rotatable bonds is 8. The molecule has 2 N–H and O–H groups in total. The third kappa shape index (κ3) is 4.72. The number of halogens is 2. The zero-order chi connectivity index (χ0) is 26.4. The molecule has 0 radical (unpaired) electrons. The van der Waals surface area contributed by atoms with Crippen molar-refractivity contribution in [3.63, 3.8) is 0 Å². The van der Waals surface area contributed by atoms with Gasteiger partial charge in [0.05, 0.1) is 28.5 Å². The summed E-state index contributed by atoms with van der Waals surface area (Å²) in [5.74, 6) is -0.0472. The average Bonchev–Trinajstić information content (AvgIpc) is 3.51. The van der Waals surface area contributed by atoms with Crippen molar-refractivity contribution < 1.29 is 33.0 Å². The fourth-order valence-corrected chi connectivity index (χ4v) is 6.30. The number of nitrogens with zero attached hydrogens (tertiary/aromatic N) is 2. The van der Waals surface area contributed by atoms with Crippen LogP contribution in [0, 0.1) is 0 Å². The maximum absolute atomic E-state index is 13.7. The summed E-state index contributed by atoms with van der Waals surface area (Å²) < 4.78 is 40.0. The highest BCUT2D eigenvalue weighted by molar-refractivity contribution is 7.18. The minimum atomic E-state index is -2.63. The second-order valence-electron chi connectivity index (χ2n) is 10.1. The number of carboxylic acid groups (broad SMARTS) is 1. The first-order valence-electron chi connectivity index (χ1n) is 12.7.